The summed E-state index contributed by atoms with van der Waals surface area (Å²) in [6.07, 6.45) is 1.20. The number of benzene rings is 2. The van der Waals surface area contributed by atoms with Gasteiger partial charge in [-0.15, -0.1) is 0 Å². The number of ether oxygens (including phenoxy) is 1. The topological polar surface area (TPSA) is 106 Å². The lowest BCUT2D eigenvalue weighted by atomic mass is 10.1. The number of furan rings is 1. The van der Waals surface area contributed by atoms with Gasteiger partial charge in [0.15, 0.2) is 0 Å². The van der Waals surface area contributed by atoms with Crippen molar-refractivity contribution in [2.75, 3.05) is 12.0 Å². The van der Waals surface area contributed by atoms with Crippen LogP contribution in [0.5, 0.6) is 0 Å². The standard InChI is InChI=1S/C23H15FN2O6/c1-31-22(29)14-7-5-13(6-8-14)19-10-9-17(32-19)12-18-20(27)25-23(30)26(21(18)28)16-4-2-3-15(24)11-16/h2-12H,1H3,(H,25,27,30)/b18-12+. The Morgan fingerprint density at radius 3 is 2.50 bits per heavy atom. The predicted molar refractivity (Wildman–Crippen MR) is 111 cm³/mol. The van der Waals surface area contributed by atoms with Crippen LogP contribution in [0.2, 0.25) is 0 Å². The van der Waals surface area contributed by atoms with Gasteiger partial charge in [-0.3, -0.25) is 14.9 Å². The van der Waals surface area contributed by atoms with Crippen LogP contribution in [-0.4, -0.2) is 30.9 Å². The van der Waals surface area contributed by atoms with Crippen molar-refractivity contribution in [1.82, 2.24) is 5.32 Å². The summed E-state index contributed by atoms with van der Waals surface area (Å²) in [5, 5.41) is 2.06. The van der Waals surface area contributed by atoms with Crippen molar-refractivity contribution < 1.29 is 32.7 Å². The van der Waals surface area contributed by atoms with Gasteiger partial charge in [-0.25, -0.2) is 18.9 Å². The number of carbonyl (C=O) groups is 4. The van der Waals surface area contributed by atoms with Crippen molar-refractivity contribution in [3.05, 3.63) is 83.4 Å². The number of halogens is 1. The quantitative estimate of drug-likeness (QED) is 0.383. The number of amides is 4. The summed E-state index contributed by atoms with van der Waals surface area (Å²) >= 11 is 0. The molecule has 2 heterocycles. The number of esters is 1. The van der Waals surface area contributed by atoms with Gasteiger partial charge in [-0.1, -0.05) is 18.2 Å². The normalized spacial score (nSPS) is 15.1. The highest BCUT2D eigenvalue weighted by molar-refractivity contribution is 6.39. The Morgan fingerprint density at radius 1 is 1.06 bits per heavy atom. The number of urea groups is 1. The molecule has 0 saturated carbocycles. The molecule has 0 spiro atoms. The number of methoxy groups -OCH3 is 1. The van der Waals surface area contributed by atoms with E-state index in [1.165, 1.54) is 31.4 Å². The zero-order valence-electron chi connectivity index (χ0n) is 16.6. The average Bonchev–Trinajstić information content (AvgIpc) is 3.25. The molecule has 1 fully saturated rings. The summed E-state index contributed by atoms with van der Waals surface area (Å²) in [6, 6.07) is 13.5. The van der Waals surface area contributed by atoms with Crippen LogP contribution in [0.15, 0.2) is 70.7 Å². The number of hydrogen-bond donors (Lipinski definition) is 1. The fourth-order valence-corrected chi connectivity index (χ4v) is 3.12. The molecule has 0 unspecified atom stereocenters. The third kappa shape index (κ3) is 3.91. The molecule has 9 heteroatoms. The molecular formula is C23H15FN2O6. The minimum Gasteiger partial charge on any atom is -0.465 e. The fourth-order valence-electron chi connectivity index (χ4n) is 3.12. The smallest absolute Gasteiger partial charge is 0.337 e. The average molecular weight is 434 g/mol. The van der Waals surface area contributed by atoms with Crippen LogP contribution in [0.3, 0.4) is 0 Å². The van der Waals surface area contributed by atoms with Crippen molar-refractivity contribution in [3.63, 3.8) is 0 Å². The lowest BCUT2D eigenvalue weighted by Crippen LogP contribution is -2.54. The number of hydrogen-bond acceptors (Lipinski definition) is 6. The lowest BCUT2D eigenvalue weighted by molar-refractivity contribution is -0.122. The Hall–Kier alpha value is -4.53. The zero-order valence-corrected chi connectivity index (χ0v) is 16.6. The maximum absolute atomic E-state index is 13.6. The summed E-state index contributed by atoms with van der Waals surface area (Å²) < 4.78 is 23.9. The van der Waals surface area contributed by atoms with E-state index < -0.39 is 29.6 Å². The number of barbiturate groups is 1. The Morgan fingerprint density at radius 2 is 1.81 bits per heavy atom. The summed E-state index contributed by atoms with van der Waals surface area (Å²) in [7, 11) is 1.29. The minimum absolute atomic E-state index is 0.0169. The number of carbonyl (C=O) groups excluding carboxylic acids is 4. The van der Waals surface area contributed by atoms with Gasteiger partial charge in [0.2, 0.25) is 0 Å². The Balaban J connectivity index is 1.62. The van der Waals surface area contributed by atoms with E-state index in [1.807, 2.05) is 0 Å². The monoisotopic (exact) mass is 434 g/mol. The number of rotatable bonds is 4. The second kappa shape index (κ2) is 8.31. The fraction of sp³-hybridized carbons (Fsp3) is 0.0435. The molecule has 1 aliphatic heterocycles. The van der Waals surface area contributed by atoms with Gasteiger partial charge in [-0.05, 0) is 48.5 Å². The summed E-state index contributed by atoms with van der Waals surface area (Å²) in [4.78, 5) is 49.5. The first kappa shape index (κ1) is 20.7. The van der Waals surface area contributed by atoms with Gasteiger partial charge in [0.1, 0.15) is 22.9 Å². The molecule has 160 valence electrons. The van der Waals surface area contributed by atoms with E-state index in [4.69, 9.17) is 4.42 Å². The van der Waals surface area contributed by atoms with Gasteiger partial charge in [0.05, 0.1) is 18.4 Å². The van der Waals surface area contributed by atoms with E-state index >= 15 is 0 Å². The highest BCUT2D eigenvalue weighted by atomic mass is 19.1. The molecule has 4 amide bonds. The summed E-state index contributed by atoms with van der Waals surface area (Å²) in [5.74, 6) is -2.31. The maximum atomic E-state index is 13.6. The van der Waals surface area contributed by atoms with Gasteiger partial charge >= 0.3 is 12.0 Å². The number of nitrogens with zero attached hydrogens (tertiary/aromatic N) is 1. The Labute approximate surface area is 180 Å². The van der Waals surface area contributed by atoms with E-state index in [-0.39, 0.29) is 17.0 Å². The van der Waals surface area contributed by atoms with Gasteiger partial charge in [0.25, 0.3) is 11.8 Å². The largest absolute Gasteiger partial charge is 0.465 e. The Bertz CT molecular complexity index is 1280. The molecule has 1 saturated heterocycles. The first-order valence-corrected chi connectivity index (χ1v) is 9.33. The van der Waals surface area contributed by atoms with Crippen LogP contribution in [-0.2, 0) is 14.3 Å². The molecule has 1 aliphatic rings. The van der Waals surface area contributed by atoms with Gasteiger partial charge in [0, 0.05) is 5.56 Å². The molecule has 8 nitrogen and oxygen atoms in total. The Kier molecular flexibility index (Phi) is 5.38. The molecule has 0 radical (unpaired) electrons. The lowest BCUT2D eigenvalue weighted by Gasteiger charge is -2.26. The molecular weight excluding hydrogens is 419 g/mol. The van der Waals surface area contributed by atoms with Crippen molar-refractivity contribution in [2.24, 2.45) is 0 Å². The first-order chi connectivity index (χ1) is 15.4. The SMILES string of the molecule is COC(=O)c1ccc(-c2ccc(/C=C3\C(=O)NC(=O)N(c4cccc(F)c4)C3=O)o2)cc1. The number of imide groups is 2. The molecule has 0 bridgehead atoms. The zero-order chi connectivity index (χ0) is 22.8. The second-order valence-electron chi connectivity index (χ2n) is 6.71. The van der Waals surface area contributed by atoms with Crippen LogP contribution in [0, 0.1) is 5.82 Å². The summed E-state index contributed by atoms with van der Waals surface area (Å²) in [6.45, 7) is 0. The van der Waals surface area contributed by atoms with E-state index in [2.05, 4.69) is 10.1 Å². The highest BCUT2D eigenvalue weighted by Crippen LogP contribution is 2.26. The van der Waals surface area contributed by atoms with Gasteiger partial charge < -0.3 is 9.15 Å². The maximum Gasteiger partial charge on any atom is 0.337 e. The van der Waals surface area contributed by atoms with E-state index in [9.17, 15) is 23.6 Å². The molecule has 4 rings (SSSR count). The van der Waals surface area contributed by atoms with Crippen molar-refractivity contribution >= 4 is 35.6 Å². The minimum atomic E-state index is -0.978. The molecule has 0 aliphatic carbocycles. The molecule has 1 aromatic heterocycles. The van der Waals surface area contributed by atoms with Crippen LogP contribution in [0.4, 0.5) is 14.9 Å². The highest BCUT2D eigenvalue weighted by Gasteiger charge is 2.37. The molecule has 2 aromatic carbocycles. The van der Waals surface area contributed by atoms with Gasteiger partial charge in [-0.2, -0.15) is 0 Å². The van der Waals surface area contributed by atoms with Crippen LogP contribution >= 0.6 is 0 Å². The third-order valence-corrected chi connectivity index (χ3v) is 4.67. The van der Waals surface area contributed by atoms with Crippen LogP contribution in [0.25, 0.3) is 17.4 Å². The molecule has 1 N–H and O–H groups in total. The van der Waals surface area contributed by atoms with E-state index in [1.54, 1.807) is 36.4 Å². The number of anilines is 1. The number of nitrogens with one attached hydrogen (secondary N) is 1. The molecule has 0 atom stereocenters. The van der Waals surface area contributed by atoms with E-state index in [0.717, 1.165) is 6.07 Å². The van der Waals surface area contributed by atoms with Crippen molar-refractivity contribution in [3.8, 4) is 11.3 Å². The second-order valence-corrected chi connectivity index (χ2v) is 6.71. The molecule has 3 aromatic rings. The predicted octanol–water partition coefficient (Wildman–Crippen LogP) is 3.54. The van der Waals surface area contributed by atoms with E-state index in [0.29, 0.717) is 21.8 Å². The molecule has 32 heavy (non-hydrogen) atoms. The first-order valence-electron chi connectivity index (χ1n) is 9.33. The van der Waals surface area contributed by atoms with Crippen molar-refractivity contribution in [1.29, 1.82) is 0 Å². The third-order valence-electron chi connectivity index (χ3n) is 4.67. The van der Waals surface area contributed by atoms with Crippen LogP contribution in [0.1, 0.15) is 16.1 Å². The van der Waals surface area contributed by atoms with Crippen LogP contribution < -0.4 is 10.2 Å². The summed E-state index contributed by atoms with van der Waals surface area (Å²) in [5.41, 5.74) is 0.655. The van der Waals surface area contributed by atoms with Crippen molar-refractivity contribution in [2.45, 2.75) is 0 Å².